The van der Waals surface area contributed by atoms with Crippen molar-refractivity contribution in [3.8, 4) is 0 Å². The zero-order valence-electron chi connectivity index (χ0n) is 12.6. The van der Waals surface area contributed by atoms with E-state index >= 15 is 0 Å². The average molecular weight is 279 g/mol. The van der Waals surface area contributed by atoms with Gasteiger partial charge in [-0.15, -0.1) is 0 Å². The lowest BCUT2D eigenvalue weighted by atomic mass is 9.85. The van der Waals surface area contributed by atoms with E-state index in [4.69, 9.17) is 9.84 Å². The van der Waals surface area contributed by atoms with Crippen molar-refractivity contribution in [1.29, 1.82) is 0 Å². The second kappa shape index (κ2) is 8.02. The van der Waals surface area contributed by atoms with Crippen LogP contribution in [0.25, 0.3) is 0 Å². The second-order valence-electron chi connectivity index (χ2n) is 5.98. The molecule has 0 aliphatic rings. The maximum atomic E-state index is 11.8. The van der Waals surface area contributed by atoms with Gasteiger partial charge in [-0.1, -0.05) is 51.1 Å². The molecule has 0 aliphatic heterocycles. The third kappa shape index (κ3) is 6.17. The first-order valence-electron chi connectivity index (χ1n) is 6.95. The lowest BCUT2D eigenvalue weighted by Crippen LogP contribution is -2.45. The van der Waals surface area contributed by atoms with E-state index in [1.54, 1.807) is 0 Å². The number of carbonyl (C=O) groups is 1. The van der Waals surface area contributed by atoms with Crippen LogP contribution >= 0.6 is 0 Å². The van der Waals surface area contributed by atoms with E-state index < -0.39 is 0 Å². The predicted octanol–water partition coefficient (Wildman–Crippen LogP) is 2.12. The van der Waals surface area contributed by atoms with Crippen LogP contribution < -0.4 is 5.32 Å². The molecule has 0 aromatic heterocycles. The second-order valence-corrected chi connectivity index (χ2v) is 5.98. The van der Waals surface area contributed by atoms with Crippen molar-refractivity contribution in [2.24, 2.45) is 5.41 Å². The highest BCUT2D eigenvalue weighted by molar-refractivity contribution is 5.77. The van der Waals surface area contributed by atoms with Crippen molar-refractivity contribution in [3.63, 3.8) is 0 Å². The molecule has 112 valence electrons. The molecule has 0 bridgehead atoms. The van der Waals surface area contributed by atoms with Crippen LogP contribution in [0.15, 0.2) is 30.3 Å². The summed E-state index contributed by atoms with van der Waals surface area (Å²) in [7, 11) is 0. The van der Waals surface area contributed by atoms with Gasteiger partial charge in [0.05, 0.1) is 6.61 Å². The van der Waals surface area contributed by atoms with Gasteiger partial charge in [0.2, 0.25) is 5.91 Å². The van der Waals surface area contributed by atoms with Crippen molar-refractivity contribution in [1.82, 2.24) is 5.32 Å². The zero-order chi connectivity index (χ0) is 15.0. The lowest BCUT2D eigenvalue weighted by molar-refractivity contribution is -0.127. The summed E-state index contributed by atoms with van der Waals surface area (Å²) in [6, 6.07) is 9.69. The van der Waals surface area contributed by atoms with Gasteiger partial charge >= 0.3 is 0 Å². The summed E-state index contributed by atoms with van der Waals surface area (Å²) in [5.41, 5.74) is 0.959. The molecule has 1 rings (SSSR count). The molecule has 0 spiro atoms. The standard InChI is InChI=1S/C16H25NO3/c1-16(2,3)14(9-10-18)17-15(19)12-20-11-13-7-5-4-6-8-13/h4-8,14,18H,9-12H2,1-3H3,(H,17,19). The quantitative estimate of drug-likeness (QED) is 0.803. The Balaban J connectivity index is 2.35. The van der Waals surface area contributed by atoms with E-state index in [0.29, 0.717) is 13.0 Å². The summed E-state index contributed by atoms with van der Waals surface area (Å²) >= 11 is 0. The highest BCUT2D eigenvalue weighted by Crippen LogP contribution is 2.21. The van der Waals surface area contributed by atoms with E-state index in [1.807, 2.05) is 51.1 Å². The Kier molecular flexibility index (Phi) is 6.68. The number of hydrogen-bond acceptors (Lipinski definition) is 3. The van der Waals surface area contributed by atoms with Gasteiger partial charge in [-0.25, -0.2) is 0 Å². The molecule has 1 unspecified atom stereocenters. The van der Waals surface area contributed by atoms with E-state index in [1.165, 1.54) is 0 Å². The molecule has 0 radical (unpaired) electrons. The van der Waals surface area contributed by atoms with Gasteiger partial charge in [-0.3, -0.25) is 4.79 Å². The Labute approximate surface area is 121 Å². The van der Waals surface area contributed by atoms with Gasteiger partial charge in [-0.2, -0.15) is 0 Å². The van der Waals surface area contributed by atoms with Crippen molar-refractivity contribution < 1.29 is 14.6 Å². The molecule has 0 heterocycles. The maximum absolute atomic E-state index is 11.8. The first-order valence-corrected chi connectivity index (χ1v) is 6.95. The fourth-order valence-electron chi connectivity index (χ4n) is 1.92. The smallest absolute Gasteiger partial charge is 0.246 e. The summed E-state index contributed by atoms with van der Waals surface area (Å²) in [6.45, 7) is 6.64. The van der Waals surface area contributed by atoms with Gasteiger partial charge < -0.3 is 15.2 Å². The molecule has 0 fully saturated rings. The summed E-state index contributed by atoms with van der Waals surface area (Å²) in [5.74, 6) is -0.144. The van der Waals surface area contributed by atoms with Gasteiger partial charge in [0, 0.05) is 12.6 Å². The summed E-state index contributed by atoms with van der Waals surface area (Å²) in [4.78, 5) is 11.8. The van der Waals surface area contributed by atoms with Crippen molar-refractivity contribution >= 4 is 5.91 Å². The molecule has 0 saturated carbocycles. The average Bonchev–Trinajstić information content (AvgIpc) is 2.38. The molecular weight excluding hydrogens is 254 g/mol. The van der Waals surface area contributed by atoms with Gasteiger partial charge in [0.15, 0.2) is 0 Å². The van der Waals surface area contributed by atoms with Crippen LogP contribution in [0.2, 0.25) is 0 Å². The van der Waals surface area contributed by atoms with Crippen LogP contribution in [0, 0.1) is 5.41 Å². The van der Waals surface area contributed by atoms with E-state index in [9.17, 15) is 4.79 Å². The zero-order valence-corrected chi connectivity index (χ0v) is 12.6. The summed E-state index contributed by atoms with van der Waals surface area (Å²) in [5, 5.41) is 12.0. The minimum absolute atomic E-state index is 0.0346. The fourth-order valence-corrected chi connectivity index (χ4v) is 1.92. The number of hydrogen-bond donors (Lipinski definition) is 2. The van der Waals surface area contributed by atoms with Gasteiger partial charge in [-0.05, 0) is 17.4 Å². The van der Waals surface area contributed by atoms with E-state index in [2.05, 4.69) is 5.32 Å². The highest BCUT2D eigenvalue weighted by atomic mass is 16.5. The SMILES string of the molecule is CC(C)(C)C(CCO)NC(=O)COCc1ccccc1. The lowest BCUT2D eigenvalue weighted by Gasteiger charge is -2.31. The van der Waals surface area contributed by atoms with Crippen molar-refractivity contribution in [2.45, 2.75) is 39.8 Å². The fraction of sp³-hybridized carbons (Fsp3) is 0.562. The van der Waals surface area contributed by atoms with Crippen molar-refractivity contribution in [3.05, 3.63) is 35.9 Å². The highest BCUT2D eigenvalue weighted by Gasteiger charge is 2.25. The number of nitrogens with one attached hydrogen (secondary N) is 1. The molecule has 1 amide bonds. The van der Waals surface area contributed by atoms with Crippen LogP contribution in [-0.4, -0.2) is 30.3 Å². The molecule has 1 aromatic carbocycles. The summed E-state index contributed by atoms with van der Waals surface area (Å²) in [6.07, 6.45) is 0.550. The maximum Gasteiger partial charge on any atom is 0.246 e. The van der Waals surface area contributed by atoms with Gasteiger partial charge in [0.1, 0.15) is 6.61 Å². The molecule has 4 heteroatoms. The van der Waals surface area contributed by atoms with Crippen LogP contribution in [0.1, 0.15) is 32.8 Å². The van der Waals surface area contributed by atoms with Gasteiger partial charge in [0.25, 0.3) is 0 Å². The normalized spacial score (nSPS) is 13.0. The molecule has 1 aromatic rings. The molecule has 0 aliphatic carbocycles. The molecular formula is C16H25NO3. The van der Waals surface area contributed by atoms with Crippen molar-refractivity contribution in [2.75, 3.05) is 13.2 Å². The number of ether oxygens (including phenoxy) is 1. The van der Waals surface area contributed by atoms with Crippen LogP contribution in [-0.2, 0) is 16.1 Å². The Bertz CT molecular complexity index is 398. The third-order valence-electron chi connectivity index (χ3n) is 3.14. The summed E-state index contributed by atoms with van der Waals surface area (Å²) < 4.78 is 5.40. The minimum atomic E-state index is -0.144. The Morgan fingerprint density at radius 3 is 2.50 bits per heavy atom. The van der Waals surface area contributed by atoms with Crippen LogP contribution in [0.5, 0.6) is 0 Å². The Morgan fingerprint density at radius 2 is 1.95 bits per heavy atom. The monoisotopic (exact) mass is 279 g/mol. The Morgan fingerprint density at radius 1 is 1.30 bits per heavy atom. The predicted molar refractivity (Wildman–Crippen MR) is 79.2 cm³/mol. The number of aliphatic hydroxyl groups excluding tert-OH is 1. The molecule has 0 saturated heterocycles. The number of amides is 1. The minimum Gasteiger partial charge on any atom is -0.396 e. The Hall–Kier alpha value is -1.39. The number of rotatable bonds is 7. The van der Waals surface area contributed by atoms with E-state index in [0.717, 1.165) is 5.56 Å². The molecule has 20 heavy (non-hydrogen) atoms. The van der Waals surface area contributed by atoms with Crippen LogP contribution in [0.3, 0.4) is 0 Å². The number of carbonyl (C=O) groups excluding carboxylic acids is 1. The molecule has 2 N–H and O–H groups in total. The number of benzene rings is 1. The molecule has 4 nitrogen and oxygen atoms in total. The van der Waals surface area contributed by atoms with E-state index in [-0.39, 0.29) is 30.6 Å². The first kappa shape index (κ1) is 16.7. The number of aliphatic hydroxyl groups is 1. The molecule has 1 atom stereocenters. The topological polar surface area (TPSA) is 58.6 Å². The first-order chi connectivity index (χ1) is 9.43. The van der Waals surface area contributed by atoms with Crippen LogP contribution in [0.4, 0.5) is 0 Å². The third-order valence-corrected chi connectivity index (χ3v) is 3.14. The largest absolute Gasteiger partial charge is 0.396 e.